The number of rotatable bonds is 2. The average Bonchev–Trinajstić information content (AvgIpc) is 2.94. The molecule has 1 aliphatic carbocycles. The summed E-state index contributed by atoms with van der Waals surface area (Å²) in [6.07, 6.45) is 9.30. The largest absolute Gasteiger partial charge is 0.307 e. The summed E-state index contributed by atoms with van der Waals surface area (Å²) in [7, 11) is 2.14. The molecule has 1 fully saturated rings. The lowest BCUT2D eigenvalue weighted by atomic mass is 9.95. The Balaban J connectivity index is 1.92. The third-order valence-electron chi connectivity index (χ3n) is 5.16. The van der Waals surface area contributed by atoms with E-state index in [0.717, 1.165) is 35.1 Å². The molecule has 0 atom stereocenters. The number of hydrogen-bond acceptors (Lipinski definition) is 5. The lowest BCUT2D eigenvalue weighted by Gasteiger charge is -2.26. The highest BCUT2D eigenvalue weighted by Gasteiger charge is 2.26. The zero-order valence-corrected chi connectivity index (χ0v) is 15.4. The maximum atomic E-state index is 12.9. The number of fused-ring (bicyclic) bond motifs is 2. The third kappa shape index (κ3) is 2.65. The van der Waals surface area contributed by atoms with E-state index < -0.39 is 0 Å². The smallest absolute Gasteiger partial charge is 0.211 e. The summed E-state index contributed by atoms with van der Waals surface area (Å²) >= 11 is 3.48. The zero-order valence-electron chi connectivity index (χ0n) is 13.8. The van der Waals surface area contributed by atoms with Gasteiger partial charge in [0, 0.05) is 29.6 Å². The van der Waals surface area contributed by atoms with Gasteiger partial charge in [-0.05, 0) is 32.6 Å². The Kier molecular flexibility index (Phi) is 4.24. The van der Waals surface area contributed by atoms with Crippen LogP contribution < -0.4 is 5.43 Å². The molecule has 2 aliphatic rings. The summed E-state index contributed by atoms with van der Waals surface area (Å²) in [5.74, 6) is 0. The molecule has 2 aromatic heterocycles. The molecule has 0 unspecified atom stereocenters. The Morgan fingerprint density at radius 3 is 2.78 bits per heavy atom. The first-order chi connectivity index (χ1) is 11.2. The van der Waals surface area contributed by atoms with Crippen molar-refractivity contribution < 1.29 is 0 Å². The number of thioether (sulfide) groups is 1. The average molecular weight is 350 g/mol. The maximum absolute atomic E-state index is 12.9. The van der Waals surface area contributed by atoms with E-state index in [1.54, 1.807) is 11.8 Å². The number of aromatic nitrogens is 2. The predicted octanol–water partition coefficient (Wildman–Crippen LogP) is 3.67. The van der Waals surface area contributed by atoms with Gasteiger partial charge in [-0.25, -0.2) is 4.98 Å². The van der Waals surface area contributed by atoms with Gasteiger partial charge in [-0.1, -0.05) is 31.0 Å². The molecule has 2 aromatic rings. The maximum Gasteiger partial charge on any atom is 0.211 e. The zero-order chi connectivity index (χ0) is 16.0. The van der Waals surface area contributed by atoms with E-state index in [2.05, 4.69) is 22.8 Å². The van der Waals surface area contributed by atoms with Crippen LogP contribution in [0.3, 0.4) is 0 Å². The SMILES string of the molecule is CSc1nc2c(=O)c3c(sc2n1C1CCCCC1)CN(C)CC3. The molecule has 0 spiro atoms. The van der Waals surface area contributed by atoms with Crippen molar-refractivity contribution in [1.82, 2.24) is 14.5 Å². The number of likely N-dealkylation sites (N-methyl/N-ethyl adjacent to an activating group) is 1. The molecule has 0 N–H and O–H groups in total. The number of nitrogens with zero attached hydrogens (tertiary/aromatic N) is 3. The fourth-order valence-corrected chi connectivity index (χ4v) is 5.99. The van der Waals surface area contributed by atoms with Crippen LogP contribution in [0.2, 0.25) is 0 Å². The Hall–Kier alpha value is -0.850. The van der Waals surface area contributed by atoms with Crippen molar-refractivity contribution in [2.24, 2.45) is 0 Å². The van der Waals surface area contributed by atoms with Gasteiger partial charge in [-0.2, -0.15) is 0 Å². The van der Waals surface area contributed by atoms with Crippen LogP contribution in [0.15, 0.2) is 9.95 Å². The van der Waals surface area contributed by atoms with Crippen LogP contribution in [0.25, 0.3) is 10.3 Å². The van der Waals surface area contributed by atoms with Crippen LogP contribution in [-0.4, -0.2) is 34.3 Å². The van der Waals surface area contributed by atoms with Crippen molar-refractivity contribution >= 4 is 33.4 Å². The lowest BCUT2D eigenvalue weighted by Crippen LogP contribution is -2.30. The van der Waals surface area contributed by atoms with Gasteiger partial charge in [0.15, 0.2) is 5.16 Å². The Bertz CT molecular complexity index is 789. The van der Waals surface area contributed by atoms with Gasteiger partial charge >= 0.3 is 0 Å². The van der Waals surface area contributed by atoms with Gasteiger partial charge in [0.25, 0.3) is 0 Å². The highest BCUT2D eigenvalue weighted by atomic mass is 32.2. The van der Waals surface area contributed by atoms with E-state index in [4.69, 9.17) is 4.98 Å². The summed E-state index contributed by atoms with van der Waals surface area (Å²) in [5.41, 5.74) is 1.92. The molecule has 23 heavy (non-hydrogen) atoms. The quantitative estimate of drug-likeness (QED) is 0.775. The second-order valence-electron chi connectivity index (χ2n) is 6.73. The Morgan fingerprint density at radius 2 is 2.04 bits per heavy atom. The molecule has 0 amide bonds. The van der Waals surface area contributed by atoms with Crippen molar-refractivity contribution in [2.75, 3.05) is 19.8 Å². The molecule has 0 radical (unpaired) electrons. The molecule has 4 rings (SSSR count). The molecular weight excluding hydrogens is 326 g/mol. The van der Waals surface area contributed by atoms with Gasteiger partial charge < -0.3 is 9.47 Å². The van der Waals surface area contributed by atoms with Gasteiger partial charge in [0.05, 0.1) is 0 Å². The first kappa shape index (κ1) is 15.7. The minimum absolute atomic E-state index is 0.187. The first-order valence-electron chi connectivity index (χ1n) is 8.48. The predicted molar refractivity (Wildman–Crippen MR) is 97.8 cm³/mol. The van der Waals surface area contributed by atoms with E-state index >= 15 is 0 Å². The van der Waals surface area contributed by atoms with Crippen molar-refractivity contribution in [3.8, 4) is 0 Å². The lowest BCUT2D eigenvalue weighted by molar-refractivity contribution is 0.316. The van der Waals surface area contributed by atoms with Crippen molar-refractivity contribution in [3.63, 3.8) is 0 Å². The summed E-state index contributed by atoms with van der Waals surface area (Å²) in [5, 5.41) is 1.02. The molecule has 1 saturated carbocycles. The number of imidazole rings is 1. The van der Waals surface area contributed by atoms with E-state index in [-0.39, 0.29) is 5.43 Å². The highest BCUT2D eigenvalue weighted by Crippen LogP contribution is 2.37. The minimum atomic E-state index is 0.187. The fourth-order valence-electron chi connectivity index (χ4n) is 3.90. The fraction of sp³-hybridized carbons (Fsp3) is 0.647. The Morgan fingerprint density at radius 1 is 1.26 bits per heavy atom. The monoisotopic (exact) mass is 349 g/mol. The van der Waals surface area contributed by atoms with E-state index in [9.17, 15) is 4.79 Å². The standard InChI is InChI=1S/C17H23N3OS2/c1-19-9-8-12-13(10-19)23-16-14(15(12)21)18-17(22-2)20(16)11-6-4-3-5-7-11/h11H,3-10H2,1-2H3. The van der Waals surface area contributed by atoms with Crippen molar-refractivity contribution in [1.29, 1.82) is 0 Å². The molecule has 0 bridgehead atoms. The molecule has 1 aliphatic heterocycles. The van der Waals surface area contributed by atoms with Gasteiger partial charge in [-0.15, -0.1) is 11.3 Å². The topological polar surface area (TPSA) is 38.1 Å². The molecule has 124 valence electrons. The minimum Gasteiger partial charge on any atom is -0.307 e. The van der Waals surface area contributed by atoms with Crippen LogP contribution >= 0.6 is 23.1 Å². The van der Waals surface area contributed by atoms with E-state index in [1.807, 2.05) is 11.3 Å². The second kappa shape index (κ2) is 6.22. The summed E-state index contributed by atoms with van der Waals surface area (Å²) in [6, 6.07) is 0.520. The summed E-state index contributed by atoms with van der Waals surface area (Å²) < 4.78 is 2.39. The van der Waals surface area contributed by atoms with Crippen LogP contribution in [0.5, 0.6) is 0 Å². The van der Waals surface area contributed by atoms with Crippen LogP contribution in [0.4, 0.5) is 0 Å². The Labute approximate surface area is 144 Å². The third-order valence-corrected chi connectivity index (χ3v) is 7.02. The van der Waals surface area contributed by atoms with Crippen LogP contribution in [0.1, 0.15) is 48.6 Å². The van der Waals surface area contributed by atoms with Gasteiger partial charge in [0.1, 0.15) is 10.3 Å². The van der Waals surface area contributed by atoms with E-state index in [0.29, 0.717) is 11.6 Å². The van der Waals surface area contributed by atoms with Gasteiger partial charge in [0.2, 0.25) is 5.43 Å². The molecule has 0 saturated heterocycles. The van der Waals surface area contributed by atoms with E-state index in [1.165, 1.54) is 37.0 Å². The molecule has 6 heteroatoms. The number of hydrogen-bond donors (Lipinski definition) is 0. The molecule has 4 nitrogen and oxygen atoms in total. The van der Waals surface area contributed by atoms with Gasteiger partial charge in [-0.3, -0.25) is 4.79 Å². The molecule has 0 aromatic carbocycles. The summed E-state index contributed by atoms with van der Waals surface area (Å²) in [4.78, 5) is 22.4. The summed E-state index contributed by atoms with van der Waals surface area (Å²) in [6.45, 7) is 1.87. The van der Waals surface area contributed by atoms with Crippen molar-refractivity contribution in [3.05, 3.63) is 20.7 Å². The second-order valence-corrected chi connectivity index (χ2v) is 8.59. The van der Waals surface area contributed by atoms with Crippen LogP contribution in [0, 0.1) is 0 Å². The van der Waals surface area contributed by atoms with Crippen molar-refractivity contribution in [2.45, 2.75) is 56.3 Å². The normalized spacial score (nSPS) is 20.1. The molecular formula is C17H23N3OS2. The first-order valence-corrected chi connectivity index (χ1v) is 10.5. The highest BCUT2D eigenvalue weighted by molar-refractivity contribution is 7.98. The van der Waals surface area contributed by atoms with Crippen LogP contribution in [-0.2, 0) is 13.0 Å². The molecule has 3 heterocycles.